The zero-order valence-corrected chi connectivity index (χ0v) is 9.97. The van der Waals surface area contributed by atoms with Gasteiger partial charge in [0.05, 0.1) is 0 Å². The number of amides is 1. The van der Waals surface area contributed by atoms with E-state index in [1.807, 2.05) is 0 Å². The number of halogens is 3. The van der Waals surface area contributed by atoms with Crippen LogP contribution < -0.4 is 10.1 Å². The van der Waals surface area contributed by atoms with Gasteiger partial charge in [-0.1, -0.05) is 0 Å². The monoisotopic (exact) mass is 305 g/mol. The Morgan fingerprint density at radius 1 is 1.10 bits per heavy atom. The maximum absolute atomic E-state index is 11.9. The molecule has 1 saturated heterocycles. The summed E-state index contributed by atoms with van der Waals surface area (Å²) < 4.78 is 48.1. The molecule has 0 unspecified atom stereocenters. The lowest BCUT2D eigenvalue weighted by Crippen LogP contribution is -2.28. The van der Waals surface area contributed by atoms with Crippen molar-refractivity contribution in [1.82, 2.24) is 0 Å². The molecule has 0 aliphatic carbocycles. The Morgan fingerprint density at radius 2 is 1.62 bits per heavy atom. The Bertz CT molecular complexity index is 567. The Balaban J connectivity index is 1.96. The number of anilines is 1. The van der Waals surface area contributed by atoms with Crippen LogP contribution in [0.5, 0.6) is 5.75 Å². The summed E-state index contributed by atoms with van der Waals surface area (Å²) in [7, 11) is 0. The fourth-order valence-corrected chi connectivity index (χ4v) is 1.36. The van der Waals surface area contributed by atoms with Crippen LogP contribution in [-0.4, -0.2) is 30.5 Å². The normalized spacial score (nSPS) is 15.4. The van der Waals surface area contributed by atoms with Gasteiger partial charge in [0, 0.05) is 5.69 Å². The van der Waals surface area contributed by atoms with Gasteiger partial charge in [0.2, 0.25) is 0 Å². The molecule has 0 atom stereocenters. The highest BCUT2D eigenvalue weighted by Crippen LogP contribution is 2.24. The predicted molar refractivity (Wildman–Crippen MR) is 57.7 cm³/mol. The molecule has 0 aromatic heterocycles. The highest BCUT2D eigenvalue weighted by atomic mass is 19.4. The van der Waals surface area contributed by atoms with Crippen molar-refractivity contribution in [2.45, 2.75) is 12.7 Å². The van der Waals surface area contributed by atoms with Crippen LogP contribution >= 0.6 is 0 Å². The van der Waals surface area contributed by atoms with Crippen LogP contribution in [0.1, 0.15) is 0 Å². The third kappa shape index (κ3) is 3.84. The maximum atomic E-state index is 11.9. The average Bonchev–Trinajstić information content (AvgIpc) is 2.70. The summed E-state index contributed by atoms with van der Waals surface area (Å²) >= 11 is 0. The van der Waals surface area contributed by atoms with Crippen LogP contribution in [0.3, 0.4) is 0 Å². The summed E-state index contributed by atoms with van der Waals surface area (Å²) in [6.45, 7) is 0. The summed E-state index contributed by atoms with van der Waals surface area (Å²) in [5.74, 6) is -4.04. The summed E-state index contributed by atoms with van der Waals surface area (Å²) in [6.07, 6.45) is -6.55. The number of nitrogens with one attached hydrogen (secondary N) is 1. The summed E-state index contributed by atoms with van der Waals surface area (Å²) in [5.41, 5.74) is 0.0912. The molecule has 0 saturated carbocycles. The first-order valence-corrected chi connectivity index (χ1v) is 5.33. The van der Waals surface area contributed by atoms with Gasteiger partial charge in [-0.05, 0) is 24.3 Å². The molecule has 0 radical (unpaired) electrons. The van der Waals surface area contributed by atoms with Gasteiger partial charge in [0.1, 0.15) is 5.75 Å². The molecule has 7 nitrogen and oxygen atoms in total. The largest absolute Gasteiger partial charge is 0.573 e. The van der Waals surface area contributed by atoms with Gasteiger partial charge in [-0.3, -0.25) is 4.79 Å². The molecular weight excluding hydrogens is 299 g/mol. The molecule has 1 aromatic carbocycles. The quantitative estimate of drug-likeness (QED) is 0.660. The number of cyclic esters (lactones) is 2. The molecule has 1 fully saturated rings. The van der Waals surface area contributed by atoms with E-state index < -0.39 is 36.2 Å². The summed E-state index contributed by atoms with van der Waals surface area (Å²) in [5, 5.41) is 2.18. The highest BCUT2D eigenvalue weighted by Gasteiger charge is 2.39. The van der Waals surface area contributed by atoms with Crippen LogP contribution in [0.15, 0.2) is 24.3 Å². The smallest absolute Gasteiger partial charge is 0.407 e. The lowest BCUT2D eigenvalue weighted by atomic mass is 10.3. The molecule has 1 aliphatic rings. The number of esters is 2. The van der Waals surface area contributed by atoms with Gasteiger partial charge in [-0.15, -0.1) is 13.2 Å². The van der Waals surface area contributed by atoms with E-state index in [-0.39, 0.29) is 5.69 Å². The highest BCUT2D eigenvalue weighted by molar-refractivity contribution is 6.32. The Kier molecular flexibility index (Phi) is 3.70. The topological polar surface area (TPSA) is 90.9 Å². The Labute approximate surface area is 114 Å². The fourth-order valence-electron chi connectivity index (χ4n) is 1.36. The number of hydrogen-bond donors (Lipinski definition) is 1. The van der Waals surface area contributed by atoms with Gasteiger partial charge in [-0.2, -0.15) is 0 Å². The van der Waals surface area contributed by atoms with Crippen molar-refractivity contribution < 1.29 is 41.8 Å². The van der Waals surface area contributed by atoms with Gasteiger partial charge in [-0.25, -0.2) is 9.59 Å². The first-order chi connectivity index (χ1) is 9.74. The fraction of sp³-hybridized carbons (Fsp3) is 0.182. The first-order valence-electron chi connectivity index (χ1n) is 5.33. The molecule has 0 bridgehead atoms. The van der Waals surface area contributed by atoms with Crippen molar-refractivity contribution in [3.05, 3.63) is 24.3 Å². The van der Waals surface area contributed by atoms with Gasteiger partial charge in [0.15, 0.2) is 0 Å². The second kappa shape index (κ2) is 5.31. The van der Waals surface area contributed by atoms with E-state index in [2.05, 4.69) is 19.5 Å². The number of carbonyl (C=O) groups excluding carboxylic acids is 3. The molecule has 1 amide bonds. The number of rotatable bonds is 3. The zero-order chi connectivity index (χ0) is 15.6. The summed E-state index contributed by atoms with van der Waals surface area (Å²) in [4.78, 5) is 33.0. The number of ether oxygens (including phenoxy) is 3. The second-order valence-electron chi connectivity index (χ2n) is 3.70. The molecule has 1 aliphatic heterocycles. The predicted octanol–water partition coefficient (Wildman–Crippen LogP) is 0.950. The van der Waals surface area contributed by atoms with Crippen LogP contribution in [0.25, 0.3) is 0 Å². The van der Waals surface area contributed by atoms with Crippen molar-refractivity contribution in [3.8, 4) is 5.75 Å². The third-order valence-electron chi connectivity index (χ3n) is 2.16. The molecule has 1 N–H and O–H groups in total. The second-order valence-corrected chi connectivity index (χ2v) is 3.70. The lowest BCUT2D eigenvalue weighted by Gasteiger charge is -2.11. The van der Waals surface area contributed by atoms with E-state index in [9.17, 15) is 27.6 Å². The molecule has 10 heteroatoms. The number of alkyl halides is 3. The molecular formula is C11H6F3NO6. The average molecular weight is 305 g/mol. The number of hydrogen-bond acceptors (Lipinski definition) is 6. The zero-order valence-electron chi connectivity index (χ0n) is 9.97. The minimum absolute atomic E-state index is 0.0912. The molecule has 112 valence electrons. The van der Waals surface area contributed by atoms with Crippen LogP contribution in [0.4, 0.5) is 18.9 Å². The Morgan fingerprint density at radius 3 is 2.10 bits per heavy atom. The van der Waals surface area contributed by atoms with E-state index in [0.717, 1.165) is 24.3 Å². The van der Waals surface area contributed by atoms with E-state index in [0.29, 0.717) is 0 Å². The van der Waals surface area contributed by atoms with E-state index in [4.69, 9.17) is 0 Å². The van der Waals surface area contributed by atoms with Crippen LogP contribution in [-0.2, 0) is 23.9 Å². The van der Waals surface area contributed by atoms with Crippen LogP contribution in [0, 0.1) is 0 Å². The number of carbonyl (C=O) groups is 3. The molecule has 1 heterocycles. The number of benzene rings is 1. The van der Waals surface area contributed by atoms with E-state index in [1.165, 1.54) is 0 Å². The summed E-state index contributed by atoms with van der Waals surface area (Å²) in [6, 6.07) is 4.18. The molecule has 21 heavy (non-hydrogen) atoms. The van der Waals surface area contributed by atoms with Crippen LogP contribution in [0.2, 0.25) is 0 Å². The minimum atomic E-state index is -4.82. The van der Waals surface area contributed by atoms with Crippen molar-refractivity contribution in [2.75, 3.05) is 5.32 Å². The molecule has 1 aromatic rings. The van der Waals surface area contributed by atoms with E-state index in [1.54, 1.807) is 0 Å². The van der Waals surface area contributed by atoms with Crippen molar-refractivity contribution in [3.63, 3.8) is 0 Å². The van der Waals surface area contributed by atoms with Crippen molar-refractivity contribution in [2.24, 2.45) is 0 Å². The van der Waals surface area contributed by atoms with Gasteiger partial charge in [0.25, 0.3) is 0 Å². The first kappa shape index (κ1) is 14.6. The van der Waals surface area contributed by atoms with E-state index >= 15 is 0 Å². The molecule has 2 rings (SSSR count). The standard InChI is InChI=1S/C11H6F3NO6/c12-11(13,14)21-6-3-1-5(2-4-6)15-7(16)10-19-8(17)9(18)20-10/h1-4,10H,(H,15,16). The van der Waals surface area contributed by atoms with Gasteiger partial charge < -0.3 is 19.5 Å². The Hall–Kier alpha value is -2.78. The maximum Gasteiger partial charge on any atom is 0.573 e. The van der Waals surface area contributed by atoms with Crippen molar-refractivity contribution >= 4 is 23.5 Å². The lowest BCUT2D eigenvalue weighted by molar-refractivity contribution is -0.274. The van der Waals surface area contributed by atoms with Gasteiger partial charge >= 0.3 is 30.5 Å². The molecule has 0 spiro atoms. The minimum Gasteiger partial charge on any atom is -0.407 e. The van der Waals surface area contributed by atoms with Crippen molar-refractivity contribution in [1.29, 1.82) is 0 Å². The SMILES string of the molecule is O=C1OC(C(=O)Nc2ccc(OC(F)(F)F)cc2)OC1=O. The third-order valence-corrected chi connectivity index (χ3v) is 2.16.